The SMILES string of the molecule is Cc1cccc(OC(=O)CNS(=O)(=O)c2ccc(Cl)s2)c1. The van der Waals surface area contributed by atoms with Gasteiger partial charge in [-0.05, 0) is 36.8 Å². The van der Waals surface area contributed by atoms with Gasteiger partial charge < -0.3 is 4.74 Å². The summed E-state index contributed by atoms with van der Waals surface area (Å²) in [6, 6.07) is 9.77. The highest BCUT2D eigenvalue weighted by Crippen LogP contribution is 2.25. The highest BCUT2D eigenvalue weighted by atomic mass is 35.5. The quantitative estimate of drug-likeness (QED) is 0.667. The molecule has 21 heavy (non-hydrogen) atoms. The maximum atomic E-state index is 11.9. The molecule has 0 atom stereocenters. The van der Waals surface area contributed by atoms with Gasteiger partial charge in [-0.3, -0.25) is 4.79 Å². The molecule has 0 aliphatic carbocycles. The van der Waals surface area contributed by atoms with Crippen LogP contribution in [-0.2, 0) is 14.8 Å². The van der Waals surface area contributed by atoms with Crippen LogP contribution in [0, 0.1) is 6.92 Å². The van der Waals surface area contributed by atoms with E-state index in [-0.39, 0.29) is 4.21 Å². The van der Waals surface area contributed by atoms with Crippen molar-refractivity contribution >= 4 is 38.9 Å². The molecule has 0 saturated heterocycles. The van der Waals surface area contributed by atoms with Crippen molar-refractivity contribution in [3.8, 4) is 5.75 Å². The minimum Gasteiger partial charge on any atom is -0.426 e. The Morgan fingerprint density at radius 1 is 1.33 bits per heavy atom. The lowest BCUT2D eigenvalue weighted by Crippen LogP contribution is -2.31. The molecule has 0 radical (unpaired) electrons. The van der Waals surface area contributed by atoms with E-state index >= 15 is 0 Å². The monoisotopic (exact) mass is 345 g/mol. The summed E-state index contributed by atoms with van der Waals surface area (Å²) < 4.78 is 31.4. The number of ether oxygens (including phenoxy) is 1. The van der Waals surface area contributed by atoms with Crippen LogP contribution in [0.2, 0.25) is 4.34 Å². The van der Waals surface area contributed by atoms with E-state index in [9.17, 15) is 13.2 Å². The number of carbonyl (C=O) groups is 1. The molecule has 1 N–H and O–H groups in total. The van der Waals surface area contributed by atoms with Gasteiger partial charge in [-0.1, -0.05) is 23.7 Å². The van der Waals surface area contributed by atoms with E-state index in [1.54, 1.807) is 18.2 Å². The molecular formula is C13H12ClNO4S2. The minimum atomic E-state index is -3.75. The maximum Gasteiger partial charge on any atom is 0.326 e. The van der Waals surface area contributed by atoms with Crippen molar-refractivity contribution in [2.45, 2.75) is 11.1 Å². The summed E-state index contributed by atoms with van der Waals surface area (Å²) in [4.78, 5) is 11.6. The average Bonchev–Trinajstić information content (AvgIpc) is 2.84. The molecular weight excluding hydrogens is 334 g/mol. The summed E-state index contributed by atoms with van der Waals surface area (Å²) in [5.74, 6) is -0.315. The molecule has 0 fully saturated rings. The van der Waals surface area contributed by atoms with Crippen LogP contribution >= 0.6 is 22.9 Å². The number of rotatable bonds is 5. The third-order valence-electron chi connectivity index (χ3n) is 2.44. The second-order valence-corrected chi connectivity index (χ2v) is 7.88. The molecule has 0 amide bonds. The molecule has 0 bridgehead atoms. The molecule has 8 heteroatoms. The average molecular weight is 346 g/mol. The van der Waals surface area contributed by atoms with E-state index < -0.39 is 22.5 Å². The van der Waals surface area contributed by atoms with Crippen LogP contribution in [0.25, 0.3) is 0 Å². The zero-order valence-electron chi connectivity index (χ0n) is 11.0. The molecule has 0 aliphatic heterocycles. The van der Waals surface area contributed by atoms with Crippen LogP contribution in [0.5, 0.6) is 5.75 Å². The van der Waals surface area contributed by atoms with Crippen molar-refractivity contribution in [2.24, 2.45) is 0 Å². The normalized spacial score (nSPS) is 11.3. The third kappa shape index (κ3) is 4.53. The van der Waals surface area contributed by atoms with Crippen molar-refractivity contribution in [2.75, 3.05) is 6.54 Å². The third-order valence-corrected chi connectivity index (χ3v) is 5.57. The summed E-state index contributed by atoms with van der Waals surface area (Å²) in [7, 11) is -3.75. The number of aryl methyl sites for hydroxylation is 1. The number of halogens is 1. The topological polar surface area (TPSA) is 72.5 Å². The van der Waals surface area contributed by atoms with Crippen molar-refractivity contribution < 1.29 is 17.9 Å². The summed E-state index contributed by atoms with van der Waals surface area (Å²) in [5.41, 5.74) is 0.939. The first-order valence-corrected chi connectivity index (χ1v) is 8.57. The number of hydrogen-bond donors (Lipinski definition) is 1. The first-order valence-electron chi connectivity index (χ1n) is 5.89. The lowest BCUT2D eigenvalue weighted by Gasteiger charge is -2.06. The Bertz CT molecular complexity index is 755. The maximum absolute atomic E-state index is 11.9. The van der Waals surface area contributed by atoms with Gasteiger partial charge in [0.15, 0.2) is 0 Å². The van der Waals surface area contributed by atoms with Crippen LogP contribution in [0.15, 0.2) is 40.6 Å². The Morgan fingerprint density at radius 2 is 2.10 bits per heavy atom. The first-order chi connectivity index (χ1) is 9.87. The Morgan fingerprint density at radius 3 is 2.71 bits per heavy atom. The lowest BCUT2D eigenvalue weighted by atomic mass is 10.2. The molecule has 112 valence electrons. The Hall–Kier alpha value is -1.41. The van der Waals surface area contributed by atoms with E-state index in [2.05, 4.69) is 4.72 Å². The van der Waals surface area contributed by atoms with Crippen LogP contribution < -0.4 is 9.46 Å². The number of carbonyl (C=O) groups excluding carboxylic acids is 1. The van der Waals surface area contributed by atoms with Gasteiger partial charge in [0.05, 0.1) is 4.34 Å². The van der Waals surface area contributed by atoms with Gasteiger partial charge in [-0.25, -0.2) is 8.42 Å². The van der Waals surface area contributed by atoms with Crippen LogP contribution in [0.4, 0.5) is 0 Å². The summed E-state index contributed by atoms with van der Waals surface area (Å²) in [6.07, 6.45) is 0. The van der Waals surface area contributed by atoms with Gasteiger partial charge >= 0.3 is 5.97 Å². The molecule has 0 aliphatic rings. The second-order valence-electron chi connectivity index (χ2n) is 4.17. The summed E-state index contributed by atoms with van der Waals surface area (Å²) in [6.45, 7) is 1.41. The van der Waals surface area contributed by atoms with Gasteiger partial charge in [0.1, 0.15) is 16.5 Å². The number of benzene rings is 1. The fourth-order valence-corrected chi connectivity index (χ4v) is 4.01. The van der Waals surface area contributed by atoms with E-state index in [0.717, 1.165) is 16.9 Å². The van der Waals surface area contributed by atoms with Crippen LogP contribution in [-0.4, -0.2) is 20.9 Å². The fourth-order valence-electron chi connectivity index (χ4n) is 1.51. The van der Waals surface area contributed by atoms with Gasteiger partial charge in [-0.2, -0.15) is 4.72 Å². The molecule has 2 rings (SSSR count). The predicted octanol–water partition coefficient (Wildman–Crippen LogP) is 2.59. The lowest BCUT2D eigenvalue weighted by molar-refractivity contribution is -0.133. The highest BCUT2D eigenvalue weighted by molar-refractivity contribution is 7.91. The van der Waals surface area contributed by atoms with Crippen molar-refractivity contribution in [3.63, 3.8) is 0 Å². The summed E-state index contributed by atoms with van der Waals surface area (Å²) >= 11 is 6.60. The molecule has 0 saturated carbocycles. The number of hydrogen-bond acceptors (Lipinski definition) is 5. The van der Waals surface area contributed by atoms with Crippen LogP contribution in [0.3, 0.4) is 0 Å². The Kier molecular flexibility index (Phi) is 5.00. The molecule has 5 nitrogen and oxygen atoms in total. The summed E-state index contributed by atoms with van der Waals surface area (Å²) in [5, 5.41) is 0. The largest absolute Gasteiger partial charge is 0.426 e. The minimum absolute atomic E-state index is 0.0517. The number of nitrogens with one attached hydrogen (secondary N) is 1. The fraction of sp³-hybridized carbons (Fsp3) is 0.154. The number of thiophene rings is 1. The highest BCUT2D eigenvalue weighted by Gasteiger charge is 2.18. The smallest absolute Gasteiger partial charge is 0.326 e. The first kappa shape index (κ1) is 16.0. The number of sulfonamides is 1. The molecule has 2 aromatic rings. The van der Waals surface area contributed by atoms with E-state index in [1.165, 1.54) is 12.1 Å². The number of esters is 1. The van der Waals surface area contributed by atoms with Gasteiger partial charge in [-0.15, -0.1) is 11.3 Å². The molecule has 1 heterocycles. The van der Waals surface area contributed by atoms with Gasteiger partial charge in [0.25, 0.3) is 10.0 Å². The molecule has 0 unspecified atom stereocenters. The predicted molar refractivity (Wildman–Crippen MR) is 81.3 cm³/mol. The zero-order chi connectivity index (χ0) is 15.5. The molecule has 1 aromatic carbocycles. The van der Waals surface area contributed by atoms with E-state index in [4.69, 9.17) is 16.3 Å². The van der Waals surface area contributed by atoms with Crippen molar-refractivity contribution in [1.29, 1.82) is 0 Å². The van der Waals surface area contributed by atoms with Crippen LogP contribution in [0.1, 0.15) is 5.56 Å². The zero-order valence-corrected chi connectivity index (χ0v) is 13.4. The standard InChI is InChI=1S/C13H12ClNO4S2/c1-9-3-2-4-10(7-9)19-12(16)8-15-21(17,18)13-6-5-11(14)20-13/h2-7,15H,8H2,1H3. The second kappa shape index (κ2) is 6.57. The van der Waals surface area contributed by atoms with E-state index in [0.29, 0.717) is 10.1 Å². The molecule has 1 aromatic heterocycles. The Labute approximate surface area is 131 Å². The van der Waals surface area contributed by atoms with E-state index in [1.807, 2.05) is 13.0 Å². The van der Waals surface area contributed by atoms with Gasteiger partial charge in [0.2, 0.25) is 0 Å². The van der Waals surface area contributed by atoms with Gasteiger partial charge in [0, 0.05) is 0 Å². The molecule has 0 spiro atoms. The Balaban J connectivity index is 1.95. The van der Waals surface area contributed by atoms with Crippen molar-refractivity contribution in [3.05, 3.63) is 46.3 Å². The van der Waals surface area contributed by atoms with Crippen molar-refractivity contribution in [1.82, 2.24) is 4.72 Å².